The average Bonchev–Trinajstić information content (AvgIpc) is 3.67. The van der Waals surface area contributed by atoms with Gasteiger partial charge in [-0.1, -0.05) is 20.8 Å². The van der Waals surface area contributed by atoms with Crippen LogP contribution >= 0.6 is 0 Å². The van der Waals surface area contributed by atoms with Crippen LogP contribution in [-0.2, 0) is 55.9 Å². The summed E-state index contributed by atoms with van der Waals surface area (Å²) < 4.78 is 145. The van der Waals surface area contributed by atoms with Crippen molar-refractivity contribution in [2.75, 3.05) is 27.3 Å². The Balaban J connectivity index is 0.000000295. The van der Waals surface area contributed by atoms with Crippen LogP contribution in [0, 0.1) is 0 Å². The summed E-state index contributed by atoms with van der Waals surface area (Å²) in [5.74, 6) is -1.57. The molecule has 0 radical (unpaired) electrons. The molecule has 2 aliphatic rings. The van der Waals surface area contributed by atoms with E-state index in [2.05, 4.69) is 4.74 Å². The average molecular weight is 821 g/mol. The van der Waals surface area contributed by atoms with E-state index < -0.39 is 93.0 Å². The fourth-order valence-corrected chi connectivity index (χ4v) is 9.97. The first-order valence-corrected chi connectivity index (χ1v) is 21.8. The van der Waals surface area contributed by atoms with Crippen molar-refractivity contribution in [1.82, 2.24) is 8.61 Å². The van der Waals surface area contributed by atoms with Crippen LogP contribution in [0.2, 0.25) is 18.1 Å². The molecule has 0 aromatic heterocycles. The van der Waals surface area contributed by atoms with Crippen molar-refractivity contribution in [2.24, 2.45) is 0 Å². The van der Waals surface area contributed by atoms with Crippen molar-refractivity contribution < 1.29 is 71.8 Å². The van der Waals surface area contributed by atoms with Crippen LogP contribution in [0.1, 0.15) is 44.7 Å². The Morgan fingerprint density at radius 1 is 0.698 bits per heavy atom. The van der Waals surface area contributed by atoms with Gasteiger partial charge in [-0.15, -0.1) is 0 Å². The minimum absolute atomic E-state index is 0.0738. The number of halogens is 6. The lowest BCUT2D eigenvalue weighted by Crippen LogP contribution is -2.45. The van der Waals surface area contributed by atoms with Crippen LogP contribution in [0.5, 0.6) is 0 Å². The van der Waals surface area contributed by atoms with E-state index in [9.17, 15) is 57.9 Å². The lowest BCUT2D eigenvalue weighted by atomic mass is 10.2. The van der Waals surface area contributed by atoms with E-state index in [4.69, 9.17) is 9.16 Å². The number of sulfonamides is 2. The normalized spacial score (nSPS) is 22.2. The number of hydrogen-bond donors (Lipinski definition) is 1. The van der Waals surface area contributed by atoms with Crippen molar-refractivity contribution in [2.45, 2.75) is 98.2 Å². The number of rotatable bonds is 8. The number of aliphatic hydroxyl groups excluding tert-OH is 1. The first kappa shape index (κ1) is 44.3. The van der Waals surface area contributed by atoms with Gasteiger partial charge in [0.15, 0.2) is 8.32 Å². The Morgan fingerprint density at radius 2 is 1.06 bits per heavy atom. The third kappa shape index (κ3) is 10.2. The molecule has 0 saturated carbocycles. The highest BCUT2D eigenvalue weighted by Crippen LogP contribution is 2.40. The van der Waals surface area contributed by atoms with E-state index in [1.54, 1.807) is 0 Å². The highest BCUT2D eigenvalue weighted by molar-refractivity contribution is 7.89. The molecule has 12 nitrogen and oxygen atoms in total. The standard InChI is InChI=1S/C19H28F3NO5SSi.C13H14F3NO5S/c1-18(2,3)30(5,6)28-14-11-16(17(24)27-4)23(12-14)29(25,26)15-9-7-13(8-10-15)19(20,21)22;1-22-12(19)11-6-9(18)7-17(11)23(20,21)10-4-2-8(3-5-10)13(14,15)16/h7-10,14,16H,11-12H2,1-6H3;2-5,9,11,18H,6-7H2,1H3/t14-,16+;9-,11+/m11/s1. The number of carbonyl (C=O) groups excluding carboxylic acids is 2. The van der Waals surface area contributed by atoms with Crippen molar-refractivity contribution in [1.29, 1.82) is 0 Å². The van der Waals surface area contributed by atoms with Crippen LogP contribution in [0.3, 0.4) is 0 Å². The lowest BCUT2D eigenvalue weighted by Gasteiger charge is -2.38. The van der Waals surface area contributed by atoms with Crippen molar-refractivity contribution in [3.05, 3.63) is 59.7 Å². The SMILES string of the molecule is COC(=O)[C@@H]1C[C@@H](O)CN1S(=O)(=O)c1ccc(C(F)(F)F)cc1.COC(=O)[C@@H]1C[C@@H](O[Si](C)(C)C(C)(C)C)CN1S(=O)(=O)c1ccc(C(F)(F)F)cc1. The van der Waals surface area contributed by atoms with Gasteiger partial charge in [-0.05, 0) is 66.7 Å². The number of β-amino-alcohol motifs (C(OH)–C–C–N with tert-alkyl or cyclic N) is 1. The van der Waals surface area contributed by atoms with E-state index in [1.807, 2.05) is 33.9 Å². The van der Waals surface area contributed by atoms with E-state index in [0.29, 0.717) is 24.3 Å². The molecule has 2 aromatic carbocycles. The molecule has 0 spiro atoms. The number of hydrogen-bond acceptors (Lipinski definition) is 10. The van der Waals surface area contributed by atoms with Crippen molar-refractivity contribution in [3.8, 4) is 0 Å². The minimum Gasteiger partial charge on any atom is -0.468 e. The van der Waals surface area contributed by atoms with E-state index >= 15 is 0 Å². The van der Waals surface area contributed by atoms with Crippen LogP contribution in [-0.4, -0.2) is 102 Å². The Labute approximate surface area is 305 Å². The number of benzene rings is 2. The summed E-state index contributed by atoms with van der Waals surface area (Å²) in [6.07, 6.45) is -10.7. The molecule has 0 amide bonds. The maximum Gasteiger partial charge on any atom is 0.416 e. The van der Waals surface area contributed by atoms with Gasteiger partial charge in [0.2, 0.25) is 20.0 Å². The third-order valence-electron chi connectivity index (χ3n) is 9.24. The second kappa shape index (κ2) is 15.9. The number of methoxy groups -OCH3 is 2. The zero-order valence-electron chi connectivity index (χ0n) is 29.9. The van der Waals surface area contributed by atoms with Gasteiger partial charge in [0.1, 0.15) is 12.1 Å². The summed E-state index contributed by atoms with van der Waals surface area (Å²) in [4.78, 5) is 23.2. The van der Waals surface area contributed by atoms with Gasteiger partial charge in [0, 0.05) is 25.9 Å². The number of ether oxygens (including phenoxy) is 2. The predicted octanol–water partition coefficient (Wildman–Crippen LogP) is 5.03. The molecule has 4 rings (SSSR count). The molecule has 53 heavy (non-hydrogen) atoms. The zero-order valence-corrected chi connectivity index (χ0v) is 32.5. The first-order valence-electron chi connectivity index (χ1n) is 16.0. The fourth-order valence-electron chi connectivity index (χ4n) is 5.37. The molecular formula is C32H42F6N2O10S2Si. The summed E-state index contributed by atoms with van der Waals surface area (Å²) >= 11 is 0. The van der Waals surface area contributed by atoms with Crippen LogP contribution in [0.4, 0.5) is 26.3 Å². The van der Waals surface area contributed by atoms with Gasteiger partial charge >= 0.3 is 24.3 Å². The third-order valence-corrected chi connectivity index (χ3v) is 17.6. The quantitative estimate of drug-likeness (QED) is 0.218. The maximum absolute atomic E-state index is 13.1. The molecule has 2 heterocycles. The first-order chi connectivity index (χ1) is 24.1. The Hall–Kier alpha value is -3.08. The fraction of sp³-hybridized carbons (Fsp3) is 0.562. The second-order valence-electron chi connectivity index (χ2n) is 13.9. The van der Waals surface area contributed by atoms with E-state index in [1.165, 1.54) is 0 Å². The topological polar surface area (TPSA) is 157 Å². The van der Waals surface area contributed by atoms with Crippen LogP contribution in [0.15, 0.2) is 58.3 Å². The molecule has 2 fully saturated rings. The molecule has 2 saturated heterocycles. The number of carbonyl (C=O) groups is 2. The minimum atomic E-state index is -4.58. The zero-order chi connectivity index (χ0) is 40.5. The Bertz CT molecular complexity index is 1830. The summed E-state index contributed by atoms with van der Waals surface area (Å²) in [6.45, 7) is 9.77. The second-order valence-corrected chi connectivity index (χ2v) is 22.4. The molecule has 298 valence electrons. The molecule has 2 aromatic rings. The molecule has 4 atom stereocenters. The number of esters is 2. The van der Waals surface area contributed by atoms with E-state index in [0.717, 1.165) is 47.1 Å². The Kier molecular flexibility index (Phi) is 13.3. The number of aliphatic hydroxyl groups is 1. The van der Waals surface area contributed by atoms with Gasteiger partial charge in [0.25, 0.3) is 0 Å². The monoisotopic (exact) mass is 820 g/mol. The molecule has 0 aliphatic carbocycles. The lowest BCUT2D eigenvalue weighted by molar-refractivity contribution is -0.145. The largest absolute Gasteiger partial charge is 0.468 e. The van der Waals surface area contributed by atoms with Crippen LogP contribution < -0.4 is 0 Å². The summed E-state index contributed by atoms with van der Waals surface area (Å²) in [6, 6.07) is 3.83. The van der Waals surface area contributed by atoms with Gasteiger partial charge in [-0.3, -0.25) is 9.59 Å². The summed E-state index contributed by atoms with van der Waals surface area (Å²) in [5, 5.41) is 9.50. The molecule has 0 unspecified atom stereocenters. The van der Waals surface area contributed by atoms with Crippen LogP contribution in [0.25, 0.3) is 0 Å². The smallest absolute Gasteiger partial charge is 0.416 e. The van der Waals surface area contributed by atoms with Crippen molar-refractivity contribution in [3.63, 3.8) is 0 Å². The number of alkyl halides is 6. The predicted molar refractivity (Wildman–Crippen MR) is 180 cm³/mol. The van der Waals surface area contributed by atoms with Crippen molar-refractivity contribution >= 4 is 40.3 Å². The Morgan fingerprint density at radius 3 is 1.40 bits per heavy atom. The molecule has 0 bridgehead atoms. The highest BCUT2D eigenvalue weighted by Gasteiger charge is 2.49. The van der Waals surface area contributed by atoms with E-state index in [-0.39, 0.29) is 35.9 Å². The molecule has 1 N–H and O–H groups in total. The molecule has 21 heteroatoms. The van der Waals surface area contributed by atoms with Gasteiger partial charge in [-0.25, -0.2) is 16.8 Å². The van der Waals surface area contributed by atoms with Gasteiger partial charge < -0.3 is 19.0 Å². The summed E-state index contributed by atoms with van der Waals surface area (Å²) in [5.41, 5.74) is -1.94. The highest BCUT2D eigenvalue weighted by atomic mass is 32.2. The summed E-state index contributed by atoms with van der Waals surface area (Å²) in [7, 11) is -8.46. The van der Waals surface area contributed by atoms with Gasteiger partial charge in [0.05, 0.1) is 47.3 Å². The number of nitrogens with zero attached hydrogens (tertiary/aromatic N) is 2. The maximum atomic E-state index is 13.1. The molecule has 2 aliphatic heterocycles. The van der Waals surface area contributed by atoms with Gasteiger partial charge in [-0.2, -0.15) is 35.0 Å². The molecular weight excluding hydrogens is 779 g/mol.